The quantitative estimate of drug-likeness (QED) is 0.736. The topological polar surface area (TPSA) is 33.0 Å². The predicted molar refractivity (Wildman–Crippen MR) is 69.9 cm³/mol. The lowest BCUT2D eigenvalue weighted by Crippen LogP contribution is -2.21. The zero-order chi connectivity index (χ0) is 12.7. The zero-order valence-electron chi connectivity index (χ0n) is 10.9. The van der Waals surface area contributed by atoms with Crippen molar-refractivity contribution in [3.8, 4) is 11.8 Å². The Kier molecular flexibility index (Phi) is 5.56. The van der Waals surface area contributed by atoms with Gasteiger partial charge < -0.3 is 4.74 Å². The first kappa shape index (κ1) is 13.6. The molecular weight excluding hydrogens is 210 g/mol. The molecule has 0 heterocycles. The number of ether oxygens (including phenoxy) is 1. The summed E-state index contributed by atoms with van der Waals surface area (Å²) in [6.45, 7) is 6.52. The number of nitriles is 1. The van der Waals surface area contributed by atoms with Gasteiger partial charge in [-0.05, 0) is 37.5 Å². The number of hydrogen-bond donors (Lipinski definition) is 0. The molecule has 17 heavy (non-hydrogen) atoms. The number of nitrogens with zero attached hydrogens (tertiary/aromatic N) is 1. The second-order valence-corrected chi connectivity index (χ2v) is 4.58. The van der Waals surface area contributed by atoms with Crippen LogP contribution >= 0.6 is 0 Å². The van der Waals surface area contributed by atoms with Crippen LogP contribution < -0.4 is 4.74 Å². The van der Waals surface area contributed by atoms with Gasteiger partial charge in [-0.1, -0.05) is 32.8 Å². The van der Waals surface area contributed by atoms with E-state index >= 15 is 0 Å². The van der Waals surface area contributed by atoms with Crippen molar-refractivity contribution in [1.29, 1.82) is 5.26 Å². The molecule has 92 valence electrons. The van der Waals surface area contributed by atoms with Gasteiger partial charge in [0.05, 0.1) is 17.7 Å². The Balaban J connectivity index is 2.55. The van der Waals surface area contributed by atoms with Crippen LogP contribution in [-0.4, -0.2) is 6.10 Å². The molecule has 0 aliphatic heterocycles. The Hall–Kier alpha value is -1.49. The highest BCUT2D eigenvalue weighted by atomic mass is 16.5. The molecule has 0 amide bonds. The molecule has 0 aliphatic rings. The molecule has 2 unspecified atom stereocenters. The molecule has 0 fully saturated rings. The third-order valence-electron chi connectivity index (χ3n) is 3.10. The van der Waals surface area contributed by atoms with E-state index in [2.05, 4.69) is 26.8 Å². The third-order valence-corrected chi connectivity index (χ3v) is 3.10. The molecule has 2 heteroatoms. The Bertz CT molecular complexity index is 381. The molecule has 1 rings (SSSR count). The molecule has 0 spiro atoms. The summed E-state index contributed by atoms with van der Waals surface area (Å²) in [5.41, 5.74) is 0.649. The fourth-order valence-electron chi connectivity index (χ4n) is 1.73. The van der Waals surface area contributed by atoms with Crippen LogP contribution in [0.5, 0.6) is 5.75 Å². The Morgan fingerprint density at radius 1 is 1.35 bits per heavy atom. The molecule has 0 aliphatic carbocycles. The van der Waals surface area contributed by atoms with E-state index in [-0.39, 0.29) is 6.10 Å². The number of hydrogen-bond acceptors (Lipinski definition) is 2. The second kappa shape index (κ2) is 6.96. The first-order chi connectivity index (χ1) is 8.17. The second-order valence-electron chi connectivity index (χ2n) is 4.58. The Labute approximate surface area is 104 Å². The van der Waals surface area contributed by atoms with Crippen LogP contribution in [0.1, 0.15) is 45.6 Å². The molecule has 0 bridgehead atoms. The SMILES string of the molecule is CCCCC(C)C(C)Oc1cccc(C#N)c1. The minimum Gasteiger partial charge on any atom is -0.490 e. The first-order valence-corrected chi connectivity index (χ1v) is 6.34. The van der Waals surface area contributed by atoms with Crippen LogP contribution in [-0.2, 0) is 0 Å². The highest BCUT2D eigenvalue weighted by Crippen LogP contribution is 2.20. The number of rotatable bonds is 6. The van der Waals surface area contributed by atoms with Crippen molar-refractivity contribution < 1.29 is 4.74 Å². The summed E-state index contributed by atoms with van der Waals surface area (Å²) < 4.78 is 5.86. The van der Waals surface area contributed by atoms with Crippen molar-refractivity contribution in [2.24, 2.45) is 5.92 Å². The normalized spacial score (nSPS) is 13.8. The highest BCUT2D eigenvalue weighted by molar-refractivity contribution is 5.36. The molecule has 1 aromatic rings. The molecule has 0 aromatic heterocycles. The maximum atomic E-state index is 8.82. The van der Waals surface area contributed by atoms with E-state index in [1.165, 1.54) is 19.3 Å². The third kappa shape index (κ3) is 4.48. The summed E-state index contributed by atoms with van der Waals surface area (Å²) in [5, 5.41) is 8.82. The van der Waals surface area contributed by atoms with Crippen LogP contribution in [0.4, 0.5) is 0 Å². The van der Waals surface area contributed by atoms with Crippen LogP contribution in [0, 0.1) is 17.2 Å². The molecular formula is C15H21NO. The molecule has 1 aromatic carbocycles. The zero-order valence-corrected chi connectivity index (χ0v) is 10.9. The van der Waals surface area contributed by atoms with Crippen molar-refractivity contribution in [3.63, 3.8) is 0 Å². The molecule has 2 atom stereocenters. The van der Waals surface area contributed by atoms with Gasteiger partial charge in [-0.15, -0.1) is 0 Å². The summed E-state index contributed by atoms with van der Waals surface area (Å²) in [6.07, 6.45) is 3.85. The maximum absolute atomic E-state index is 8.82. The van der Waals surface area contributed by atoms with Crippen LogP contribution in [0.2, 0.25) is 0 Å². The van der Waals surface area contributed by atoms with Crippen molar-refractivity contribution >= 4 is 0 Å². The fourth-order valence-corrected chi connectivity index (χ4v) is 1.73. The largest absolute Gasteiger partial charge is 0.490 e. The molecule has 0 N–H and O–H groups in total. The monoisotopic (exact) mass is 231 g/mol. The van der Waals surface area contributed by atoms with Gasteiger partial charge in [0.2, 0.25) is 0 Å². The minimum absolute atomic E-state index is 0.190. The van der Waals surface area contributed by atoms with Crippen molar-refractivity contribution in [2.75, 3.05) is 0 Å². The summed E-state index contributed by atoms with van der Waals surface area (Å²) in [7, 11) is 0. The van der Waals surface area contributed by atoms with Crippen LogP contribution in [0.3, 0.4) is 0 Å². The van der Waals surface area contributed by atoms with Gasteiger partial charge in [0.25, 0.3) is 0 Å². The van der Waals surface area contributed by atoms with Gasteiger partial charge in [0.1, 0.15) is 5.75 Å². The standard InChI is InChI=1S/C15H21NO/c1-4-5-7-12(2)13(3)17-15-9-6-8-14(10-15)11-16/h6,8-10,12-13H,4-5,7H2,1-3H3. The van der Waals surface area contributed by atoms with E-state index in [4.69, 9.17) is 10.00 Å². The van der Waals surface area contributed by atoms with Gasteiger partial charge in [-0.25, -0.2) is 0 Å². The molecule has 0 radical (unpaired) electrons. The number of benzene rings is 1. The Morgan fingerprint density at radius 2 is 2.12 bits per heavy atom. The summed E-state index contributed by atoms with van der Waals surface area (Å²) in [6, 6.07) is 9.47. The van der Waals surface area contributed by atoms with E-state index < -0.39 is 0 Å². The first-order valence-electron chi connectivity index (χ1n) is 6.34. The molecule has 0 saturated heterocycles. The Morgan fingerprint density at radius 3 is 2.76 bits per heavy atom. The summed E-state index contributed by atoms with van der Waals surface area (Å²) in [4.78, 5) is 0. The van der Waals surface area contributed by atoms with Crippen molar-refractivity contribution in [2.45, 2.75) is 46.1 Å². The van der Waals surface area contributed by atoms with Gasteiger partial charge in [0.15, 0.2) is 0 Å². The number of unbranched alkanes of at least 4 members (excludes halogenated alkanes) is 1. The predicted octanol–water partition coefficient (Wildman–Crippen LogP) is 4.15. The summed E-state index contributed by atoms with van der Waals surface area (Å²) in [5.74, 6) is 1.33. The fraction of sp³-hybridized carbons (Fsp3) is 0.533. The van der Waals surface area contributed by atoms with Gasteiger partial charge >= 0.3 is 0 Å². The van der Waals surface area contributed by atoms with E-state index in [0.717, 1.165) is 5.75 Å². The van der Waals surface area contributed by atoms with E-state index in [0.29, 0.717) is 11.5 Å². The van der Waals surface area contributed by atoms with Gasteiger partial charge in [0, 0.05) is 0 Å². The van der Waals surface area contributed by atoms with Gasteiger partial charge in [-0.2, -0.15) is 5.26 Å². The minimum atomic E-state index is 0.190. The smallest absolute Gasteiger partial charge is 0.121 e. The lowest BCUT2D eigenvalue weighted by molar-refractivity contribution is 0.153. The summed E-state index contributed by atoms with van der Waals surface area (Å²) >= 11 is 0. The molecule has 2 nitrogen and oxygen atoms in total. The van der Waals surface area contributed by atoms with Crippen LogP contribution in [0.25, 0.3) is 0 Å². The lowest BCUT2D eigenvalue weighted by atomic mass is 9.99. The lowest BCUT2D eigenvalue weighted by Gasteiger charge is -2.21. The van der Waals surface area contributed by atoms with Gasteiger partial charge in [-0.3, -0.25) is 0 Å². The van der Waals surface area contributed by atoms with E-state index in [9.17, 15) is 0 Å². The van der Waals surface area contributed by atoms with Crippen LogP contribution in [0.15, 0.2) is 24.3 Å². The van der Waals surface area contributed by atoms with E-state index in [1.54, 1.807) is 12.1 Å². The van der Waals surface area contributed by atoms with Crippen molar-refractivity contribution in [3.05, 3.63) is 29.8 Å². The maximum Gasteiger partial charge on any atom is 0.121 e. The molecule has 0 saturated carbocycles. The highest BCUT2D eigenvalue weighted by Gasteiger charge is 2.13. The average molecular weight is 231 g/mol. The van der Waals surface area contributed by atoms with Crippen molar-refractivity contribution in [1.82, 2.24) is 0 Å². The average Bonchev–Trinajstić information content (AvgIpc) is 2.36. The van der Waals surface area contributed by atoms with E-state index in [1.807, 2.05) is 12.1 Å².